The molecule has 2 rings (SSSR count). The van der Waals surface area contributed by atoms with Crippen LogP contribution in [0.2, 0.25) is 0 Å². The van der Waals surface area contributed by atoms with E-state index in [4.69, 9.17) is 0 Å². The van der Waals surface area contributed by atoms with Gasteiger partial charge in [-0.1, -0.05) is 87.1 Å². The Hall–Kier alpha value is -0.666. The van der Waals surface area contributed by atoms with Gasteiger partial charge in [-0.05, 0) is 38.8 Å². The van der Waals surface area contributed by atoms with E-state index in [-0.39, 0.29) is 46.5 Å². The Morgan fingerprint density at radius 2 is 0.966 bits per heavy atom. The van der Waals surface area contributed by atoms with Gasteiger partial charge in [0.15, 0.2) is 0 Å². The summed E-state index contributed by atoms with van der Waals surface area (Å²) >= 11 is 0. The zero-order chi connectivity index (χ0) is 19.4. The minimum Gasteiger partial charge on any atom is -1.00 e. The molecule has 2 aromatic carbocycles. The summed E-state index contributed by atoms with van der Waals surface area (Å²) in [5, 5.41) is 9.11. The van der Waals surface area contributed by atoms with Gasteiger partial charge >= 0.3 is 21.7 Å². The van der Waals surface area contributed by atoms with E-state index in [0.717, 1.165) is 24.5 Å². The van der Waals surface area contributed by atoms with E-state index in [9.17, 15) is 0 Å². The second-order valence-electron chi connectivity index (χ2n) is 6.91. The van der Waals surface area contributed by atoms with E-state index in [1.165, 1.54) is 47.9 Å². The Morgan fingerprint density at radius 1 is 0.621 bits per heavy atom. The number of benzene rings is 2. The molecule has 2 nitrogen and oxygen atoms in total. The smallest absolute Gasteiger partial charge is 1.00 e. The SMILES string of the molecule is CCCC[N-]c1cccc(C)c1C.CCCC[N-]c1cccc(C)c1C.[Cl-].[Cl-].[Ti+4]. The van der Waals surface area contributed by atoms with Crippen LogP contribution in [0, 0.1) is 27.7 Å². The molecule has 0 amide bonds. The summed E-state index contributed by atoms with van der Waals surface area (Å²) in [6.45, 7) is 14.8. The van der Waals surface area contributed by atoms with Crippen molar-refractivity contribution in [1.82, 2.24) is 0 Å². The minimum atomic E-state index is 0. The summed E-state index contributed by atoms with van der Waals surface area (Å²) in [4.78, 5) is 0. The number of unbranched alkanes of at least 4 members (excludes halogenated alkanes) is 2. The maximum atomic E-state index is 4.56. The first-order chi connectivity index (χ1) is 12.5. The van der Waals surface area contributed by atoms with E-state index in [2.05, 4.69) is 88.6 Å². The molecule has 0 N–H and O–H groups in total. The number of halogens is 2. The second kappa shape index (κ2) is 19.3. The molecule has 0 fully saturated rings. The summed E-state index contributed by atoms with van der Waals surface area (Å²) in [7, 11) is 0. The molecule has 0 radical (unpaired) electrons. The van der Waals surface area contributed by atoms with Gasteiger partial charge < -0.3 is 35.4 Å². The third kappa shape index (κ3) is 12.6. The van der Waals surface area contributed by atoms with Crippen molar-refractivity contribution in [3.63, 3.8) is 0 Å². The molecule has 0 aliphatic carbocycles. The molecule has 0 aromatic heterocycles. The molecule has 160 valence electrons. The minimum absolute atomic E-state index is 0. The fourth-order valence-corrected chi connectivity index (χ4v) is 2.53. The summed E-state index contributed by atoms with van der Waals surface area (Å²) in [5.41, 5.74) is 7.62. The van der Waals surface area contributed by atoms with Gasteiger partial charge in [0.25, 0.3) is 0 Å². The topological polar surface area (TPSA) is 28.2 Å². The van der Waals surface area contributed by atoms with Crippen LogP contribution >= 0.6 is 0 Å². The second-order valence-corrected chi connectivity index (χ2v) is 6.91. The largest absolute Gasteiger partial charge is 4.00 e. The van der Waals surface area contributed by atoms with Crippen LogP contribution in [0.3, 0.4) is 0 Å². The van der Waals surface area contributed by atoms with Crippen LogP contribution in [0.5, 0.6) is 0 Å². The Kier molecular flexibility index (Phi) is 22.0. The molecular formula is C24H36Cl2N2Ti. The molecule has 0 atom stereocenters. The van der Waals surface area contributed by atoms with Gasteiger partial charge in [-0.3, -0.25) is 0 Å². The number of hydrogen-bond donors (Lipinski definition) is 0. The summed E-state index contributed by atoms with van der Waals surface area (Å²) < 4.78 is 0. The monoisotopic (exact) mass is 470 g/mol. The molecule has 0 bridgehead atoms. The standard InChI is InChI=1S/2C12H18N.2ClH.Ti/c2*1-4-5-9-13-12-8-6-7-10(2)11(12)3;;;/h2*6-8H,4-5,9H2,1-3H3;2*1H;/q2*-1;;;+4/p-2. The zero-order valence-corrected chi connectivity index (χ0v) is 21.9. The van der Waals surface area contributed by atoms with Crippen LogP contribution < -0.4 is 24.8 Å². The maximum Gasteiger partial charge on any atom is 4.00 e. The molecule has 5 heteroatoms. The molecule has 0 spiro atoms. The number of nitrogens with zero attached hydrogens (tertiary/aromatic N) is 2. The van der Waals surface area contributed by atoms with Gasteiger partial charge in [-0.15, -0.1) is 24.5 Å². The molecule has 0 saturated heterocycles. The third-order valence-electron chi connectivity index (χ3n) is 4.74. The van der Waals surface area contributed by atoms with Crippen molar-refractivity contribution in [2.75, 3.05) is 13.1 Å². The van der Waals surface area contributed by atoms with E-state index in [1.54, 1.807) is 0 Å². The predicted octanol–water partition coefficient (Wildman–Crippen LogP) is 2.22. The van der Waals surface area contributed by atoms with Crippen molar-refractivity contribution >= 4 is 11.4 Å². The van der Waals surface area contributed by atoms with E-state index in [0.29, 0.717) is 0 Å². The molecule has 2 aromatic rings. The average molecular weight is 471 g/mol. The predicted molar refractivity (Wildman–Crippen MR) is 117 cm³/mol. The third-order valence-corrected chi connectivity index (χ3v) is 4.74. The molecule has 0 aliphatic heterocycles. The van der Waals surface area contributed by atoms with Gasteiger partial charge in [-0.2, -0.15) is 0 Å². The van der Waals surface area contributed by atoms with Crippen LogP contribution in [0.15, 0.2) is 36.4 Å². The van der Waals surface area contributed by atoms with E-state index >= 15 is 0 Å². The summed E-state index contributed by atoms with van der Waals surface area (Å²) in [6, 6.07) is 12.6. The van der Waals surface area contributed by atoms with Crippen LogP contribution in [-0.2, 0) is 21.7 Å². The van der Waals surface area contributed by atoms with Crippen LogP contribution in [0.1, 0.15) is 61.8 Å². The van der Waals surface area contributed by atoms with Crippen molar-refractivity contribution < 1.29 is 46.5 Å². The quantitative estimate of drug-likeness (QED) is 0.418. The van der Waals surface area contributed by atoms with Gasteiger partial charge in [-0.25, -0.2) is 0 Å². The van der Waals surface area contributed by atoms with Crippen molar-refractivity contribution in [3.05, 3.63) is 69.3 Å². The molecule has 29 heavy (non-hydrogen) atoms. The average Bonchev–Trinajstić information content (AvgIpc) is 2.63. The Labute approximate surface area is 206 Å². The number of hydrogen-bond acceptors (Lipinski definition) is 0. The molecule has 0 unspecified atom stereocenters. The van der Waals surface area contributed by atoms with Crippen molar-refractivity contribution in [3.8, 4) is 0 Å². The Bertz CT molecular complexity index is 606. The van der Waals surface area contributed by atoms with Crippen molar-refractivity contribution in [2.45, 2.75) is 67.2 Å². The molecule has 0 saturated carbocycles. The normalized spacial score (nSPS) is 9.03. The van der Waals surface area contributed by atoms with E-state index in [1.807, 2.05) is 0 Å². The zero-order valence-electron chi connectivity index (χ0n) is 18.9. The summed E-state index contributed by atoms with van der Waals surface area (Å²) in [6.07, 6.45) is 4.81. The first-order valence-electron chi connectivity index (χ1n) is 9.98. The fraction of sp³-hybridized carbons (Fsp3) is 0.500. The molecular weight excluding hydrogens is 435 g/mol. The maximum absolute atomic E-state index is 4.56. The fourth-order valence-electron chi connectivity index (χ4n) is 2.53. The molecule has 0 heterocycles. The van der Waals surface area contributed by atoms with Crippen molar-refractivity contribution in [1.29, 1.82) is 0 Å². The molecule has 0 aliphatic rings. The summed E-state index contributed by atoms with van der Waals surface area (Å²) in [5.74, 6) is 0. The van der Waals surface area contributed by atoms with Crippen LogP contribution in [0.4, 0.5) is 11.4 Å². The van der Waals surface area contributed by atoms with Gasteiger partial charge in [0, 0.05) is 0 Å². The Morgan fingerprint density at radius 3 is 1.28 bits per heavy atom. The first kappa shape index (κ1) is 33.0. The van der Waals surface area contributed by atoms with Crippen LogP contribution in [0.25, 0.3) is 10.6 Å². The van der Waals surface area contributed by atoms with Gasteiger partial charge in [0.2, 0.25) is 0 Å². The van der Waals surface area contributed by atoms with Gasteiger partial charge in [0.05, 0.1) is 0 Å². The number of rotatable bonds is 8. The number of aryl methyl sites for hydroxylation is 2. The van der Waals surface area contributed by atoms with E-state index < -0.39 is 0 Å². The van der Waals surface area contributed by atoms with Gasteiger partial charge in [0.1, 0.15) is 0 Å². The Balaban J connectivity index is -0.000000422. The van der Waals surface area contributed by atoms with Crippen LogP contribution in [-0.4, -0.2) is 13.1 Å². The van der Waals surface area contributed by atoms with Crippen molar-refractivity contribution in [2.24, 2.45) is 0 Å². The first-order valence-corrected chi connectivity index (χ1v) is 9.98.